The summed E-state index contributed by atoms with van der Waals surface area (Å²) >= 11 is 0. The summed E-state index contributed by atoms with van der Waals surface area (Å²) in [6, 6.07) is 13.8. The lowest BCUT2D eigenvalue weighted by molar-refractivity contribution is 0.217. The van der Waals surface area contributed by atoms with Gasteiger partial charge in [-0.2, -0.15) is 0 Å². The van der Waals surface area contributed by atoms with E-state index in [9.17, 15) is 0 Å². The van der Waals surface area contributed by atoms with Gasteiger partial charge in [-0.25, -0.2) is 0 Å². The zero-order valence-corrected chi connectivity index (χ0v) is 13.3. The second-order valence-electron chi connectivity index (χ2n) is 6.22. The molecule has 0 radical (unpaired) electrons. The zero-order valence-electron chi connectivity index (χ0n) is 13.3. The molecule has 0 saturated carbocycles. The number of hydrogen-bond acceptors (Lipinski definition) is 2. The standard InChI is InChI=1S/C18H25N3/c1-15-6-8-17(9-7-15)21-12-11-20(13-16(21)2)14-18-5-4-10-19(18)3/h4-10,16H,11-14H2,1-3H3. The molecule has 21 heavy (non-hydrogen) atoms. The first kappa shape index (κ1) is 14.2. The molecule has 1 saturated heterocycles. The van der Waals surface area contributed by atoms with Crippen LogP contribution in [0.1, 0.15) is 18.2 Å². The van der Waals surface area contributed by atoms with Gasteiger partial charge in [-0.05, 0) is 38.1 Å². The number of nitrogens with zero attached hydrogens (tertiary/aromatic N) is 3. The lowest BCUT2D eigenvalue weighted by Crippen LogP contribution is -2.51. The summed E-state index contributed by atoms with van der Waals surface area (Å²) < 4.78 is 2.22. The lowest BCUT2D eigenvalue weighted by atomic mass is 10.1. The highest BCUT2D eigenvalue weighted by Gasteiger charge is 2.24. The third kappa shape index (κ3) is 3.13. The average molecular weight is 283 g/mol. The third-order valence-corrected chi connectivity index (χ3v) is 4.51. The van der Waals surface area contributed by atoms with Crippen molar-refractivity contribution in [2.75, 3.05) is 24.5 Å². The number of hydrogen-bond donors (Lipinski definition) is 0. The van der Waals surface area contributed by atoms with Gasteiger partial charge in [0.25, 0.3) is 0 Å². The highest BCUT2D eigenvalue weighted by atomic mass is 15.3. The molecule has 1 aromatic heterocycles. The predicted octanol–water partition coefficient (Wildman–Crippen LogP) is 3.04. The number of piperazine rings is 1. The Morgan fingerprint density at radius 3 is 2.48 bits per heavy atom. The molecule has 1 aliphatic rings. The van der Waals surface area contributed by atoms with Crippen molar-refractivity contribution < 1.29 is 0 Å². The number of benzene rings is 1. The Balaban J connectivity index is 1.64. The fourth-order valence-corrected chi connectivity index (χ4v) is 3.19. The minimum atomic E-state index is 0.557. The molecule has 1 fully saturated rings. The van der Waals surface area contributed by atoms with Gasteiger partial charge in [-0.1, -0.05) is 17.7 Å². The largest absolute Gasteiger partial charge is 0.366 e. The molecular formula is C18H25N3. The molecule has 0 aliphatic carbocycles. The maximum atomic E-state index is 2.56. The van der Waals surface area contributed by atoms with Crippen molar-refractivity contribution in [1.82, 2.24) is 9.47 Å². The highest BCUT2D eigenvalue weighted by molar-refractivity contribution is 5.48. The molecule has 3 nitrogen and oxygen atoms in total. The van der Waals surface area contributed by atoms with Gasteiger partial charge in [-0.3, -0.25) is 4.90 Å². The molecule has 1 aromatic carbocycles. The number of aryl methyl sites for hydroxylation is 2. The van der Waals surface area contributed by atoms with Crippen molar-refractivity contribution in [3.63, 3.8) is 0 Å². The average Bonchev–Trinajstić information content (AvgIpc) is 2.86. The van der Waals surface area contributed by atoms with Crippen LogP contribution in [0.3, 0.4) is 0 Å². The van der Waals surface area contributed by atoms with Crippen LogP contribution in [0, 0.1) is 6.92 Å². The summed E-state index contributed by atoms with van der Waals surface area (Å²) in [4.78, 5) is 5.09. The molecule has 3 heteroatoms. The molecule has 0 N–H and O–H groups in total. The van der Waals surface area contributed by atoms with Gasteiger partial charge >= 0.3 is 0 Å². The number of anilines is 1. The van der Waals surface area contributed by atoms with E-state index in [0.717, 1.165) is 26.2 Å². The Hall–Kier alpha value is -1.74. The molecule has 1 atom stereocenters. The number of rotatable bonds is 3. The van der Waals surface area contributed by atoms with Crippen LogP contribution in [-0.4, -0.2) is 35.1 Å². The molecule has 0 spiro atoms. The predicted molar refractivity (Wildman–Crippen MR) is 88.7 cm³/mol. The summed E-state index contributed by atoms with van der Waals surface area (Å²) in [6.45, 7) is 8.88. The second-order valence-corrected chi connectivity index (χ2v) is 6.22. The first-order valence-electron chi connectivity index (χ1n) is 7.79. The van der Waals surface area contributed by atoms with E-state index in [2.05, 4.69) is 77.9 Å². The topological polar surface area (TPSA) is 11.4 Å². The molecule has 0 amide bonds. The fraction of sp³-hybridized carbons (Fsp3) is 0.444. The van der Waals surface area contributed by atoms with Gasteiger partial charge in [-0.15, -0.1) is 0 Å². The molecule has 1 aliphatic heterocycles. The van der Waals surface area contributed by atoms with Crippen LogP contribution in [0.2, 0.25) is 0 Å². The first-order chi connectivity index (χ1) is 10.1. The van der Waals surface area contributed by atoms with Gasteiger partial charge < -0.3 is 9.47 Å². The van der Waals surface area contributed by atoms with E-state index in [1.54, 1.807) is 0 Å². The number of aromatic nitrogens is 1. The minimum absolute atomic E-state index is 0.557. The Kier molecular flexibility index (Phi) is 4.02. The Morgan fingerprint density at radius 1 is 1.10 bits per heavy atom. The first-order valence-corrected chi connectivity index (χ1v) is 7.79. The maximum absolute atomic E-state index is 2.56. The van der Waals surface area contributed by atoms with Gasteiger partial charge in [0.1, 0.15) is 0 Å². The van der Waals surface area contributed by atoms with E-state index in [0.29, 0.717) is 6.04 Å². The summed E-state index contributed by atoms with van der Waals surface area (Å²) in [5.74, 6) is 0. The maximum Gasteiger partial charge on any atom is 0.0389 e. The lowest BCUT2D eigenvalue weighted by Gasteiger charge is -2.41. The fourth-order valence-electron chi connectivity index (χ4n) is 3.19. The monoisotopic (exact) mass is 283 g/mol. The zero-order chi connectivity index (χ0) is 14.8. The van der Waals surface area contributed by atoms with Crippen LogP contribution in [0.15, 0.2) is 42.6 Å². The van der Waals surface area contributed by atoms with Crippen LogP contribution in [0.4, 0.5) is 5.69 Å². The van der Waals surface area contributed by atoms with Crippen molar-refractivity contribution in [3.8, 4) is 0 Å². The van der Waals surface area contributed by atoms with Gasteiger partial charge in [0, 0.05) is 56.8 Å². The van der Waals surface area contributed by atoms with Crippen LogP contribution in [-0.2, 0) is 13.6 Å². The van der Waals surface area contributed by atoms with Crippen molar-refractivity contribution >= 4 is 5.69 Å². The quantitative estimate of drug-likeness (QED) is 0.858. The normalized spacial score (nSPS) is 20.0. The van der Waals surface area contributed by atoms with Crippen molar-refractivity contribution in [2.24, 2.45) is 7.05 Å². The Morgan fingerprint density at radius 2 is 1.86 bits per heavy atom. The summed E-state index contributed by atoms with van der Waals surface area (Å²) in [7, 11) is 2.13. The van der Waals surface area contributed by atoms with Crippen LogP contribution >= 0.6 is 0 Å². The summed E-state index contributed by atoms with van der Waals surface area (Å²) in [5, 5.41) is 0. The summed E-state index contributed by atoms with van der Waals surface area (Å²) in [5.41, 5.74) is 4.08. The van der Waals surface area contributed by atoms with E-state index in [-0.39, 0.29) is 0 Å². The molecular weight excluding hydrogens is 258 g/mol. The highest BCUT2D eigenvalue weighted by Crippen LogP contribution is 2.21. The van der Waals surface area contributed by atoms with E-state index >= 15 is 0 Å². The minimum Gasteiger partial charge on any atom is -0.366 e. The molecule has 3 rings (SSSR count). The van der Waals surface area contributed by atoms with Crippen molar-refractivity contribution in [1.29, 1.82) is 0 Å². The van der Waals surface area contributed by atoms with Crippen molar-refractivity contribution in [2.45, 2.75) is 26.4 Å². The van der Waals surface area contributed by atoms with E-state index < -0.39 is 0 Å². The van der Waals surface area contributed by atoms with E-state index in [1.807, 2.05) is 0 Å². The SMILES string of the molecule is Cc1ccc(N2CCN(Cc3cccn3C)CC2C)cc1. The molecule has 112 valence electrons. The molecule has 2 aromatic rings. The van der Waals surface area contributed by atoms with Crippen LogP contribution in [0.25, 0.3) is 0 Å². The van der Waals surface area contributed by atoms with E-state index in [4.69, 9.17) is 0 Å². The van der Waals surface area contributed by atoms with Crippen LogP contribution < -0.4 is 4.90 Å². The summed E-state index contributed by atoms with van der Waals surface area (Å²) in [6.07, 6.45) is 2.13. The van der Waals surface area contributed by atoms with Crippen molar-refractivity contribution in [3.05, 3.63) is 53.9 Å². The Labute approximate surface area is 127 Å². The Bertz CT molecular complexity index is 585. The van der Waals surface area contributed by atoms with Gasteiger partial charge in [0.15, 0.2) is 0 Å². The molecule has 0 bridgehead atoms. The molecule has 2 heterocycles. The molecule has 1 unspecified atom stereocenters. The second kappa shape index (κ2) is 5.94. The van der Waals surface area contributed by atoms with Gasteiger partial charge in [0.2, 0.25) is 0 Å². The van der Waals surface area contributed by atoms with Crippen LogP contribution in [0.5, 0.6) is 0 Å². The smallest absolute Gasteiger partial charge is 0.0389 e. The van der Waals surface area contributed by atoms with E-state index in [1.165, 1.54) is 16.9 Å². The third-order valence-electron chi connectivity index (χ3n) is 4.51. The van der Waals surface area contributed by atoms with Gasteiger partial charge in [0.05, 0.1) is 0 Å².